The van der Waals surface area contributed by atoms with Crippen LogP contribution in [-0.2, 0) is 14.9 Å². The van der Waals surface area contributed by atoms with Crippen molar-refractivity contribution in [2.24, 2.45) is 0 Å². The minimum Gasteiger partial charge on any atom is -0.380 e. The predicted octanol–water partition coefficient (Wildman–Crippen LogP) is 1.10. The molecule has 2 N–H and O–H groups in total. The highest BCUT2D eigenvalue weighted by molar-refractivity contribution is 7.87. The minimum atomic E-state index is -3.45. The van der Waals surface area contributed by atoms with Crippen molar-refractivity contribution in [3.63, 3.8) is 0 Å². The zero-order chi connectivity index (χ0) is 15.9. The van der Waals surface area contributed by atoms with Gasteiger partial charge in [-0.25, -0.2) is 0 Å². The Balaban J connectivity index is 2.63. The second kappa shape index (κ2) is 9.05. The number of ether oxygens (including phenoxy) is 1. The predicted molar refractivity (Wildman–Crippen MR) is 85.5 cm³/mol. The SMILES string of the molecule is CCOCC(C)NS(=O)(=O)N1CCCCC1CNC(C)C. The highest BCUT2D eigenvalue weighted by atomic mass is 32.2. The molecule has 0 spiro atoms. The molecule has 6 nitrogen and oxygen atoms in total. The van der Waals surface area contributed by atoms with E-state index >= 15 is 0 Å². The fourth-order valence-corrected chi connectivity index (χ4v) is 4.17. The summed E-state index contributed by atoms with van der Waals surface area (Å²) in [5, 5.41) is 3.35. The third kappa shape index (κ3) is 6.61. The van der Waals surface area contributed by atoms with E-state index in [0.29, 0.717) is 32.3 Å². The van der Waals surface area contributed by atoms with Crippen LogP contribution in [0.25, 0.3) is 0 Å². The van der Waals surface area contributed by atoms with Crippen LogP contribution in [0.2, 0.25) is 0 Å². The summed E-state index contributed by atoms with van der Waals surface area (Å²) in [7, 11) is -3.45. The topological polar surface area (TPSA) is 70.7 Å². The summed E-state index contributed by atoms with van der Waals surface area (Å²) in [4.78, 5) is 0. The van der Waals surface area contributed by atoms with Crippen LogP contribution >= 0.6 is 0 Å². The van der Waals surface area contributed by atoms with Gasteiger partial charge in [0, 0.05) is 37.8 Å². The lowest BCUT2D eigenvalue weighted by molar-refractivity contribution is 0.132. The third-order valence-electron chi connectivity index (χ3n) is 3.57. The molecule has 0 aromatic carbocycles. The van der Waals surface area contributed by atoms with Crippen LogP contribution in [0.15, 0.2) is 0 Å². The molecule has 0 bridgehead atoms. The van der Waals surface area contributed by atoms with E-state index in [9.17, 15) is 8.42 Å². The molecule has 0 aromatic heterocycles. The molecule has 2 atom stereocenters. The number of nitrogens with one attached hydrogen (secondary N) is 2. The van der Waals surface area contributed by atoms with Crippen molar-refractivity contribution in [1.29, 1.82) is 0 Å². The van der Waals surface area contributed by atoms with Crippen LogP contribution in [0.3, 0.4) is 0 Å². The molecular weight excluding hydrogens is 290 g/mol. The van der Waals surface area contributed by atoms with Gasteiger partial charge in [0.25, 0.3) is 10.2 Å². The van der Waals surface area contributed by atoms with Crippen molar-refractivity contribution in [2.75, 3.05) is 26.3 Å². The second-order valence-electron chi connectivity index (χ2n) is 6.01. The smallest absolute Gasteiger partial charge is 0.280 e. The molecule has 1 heterocycles. The Morgan fingerprint density at radius 1 is 1.29 bits per heavy atom. The Bertz CT molecular complexity index is 387. The zero-order valence-electron chi connectivity index (χ0n) is 13.8. The van der Waals surface area contributed by atoms with Gasteiger partial charge in [0.15, 0.2) is 0 Å². The van der Waals surface area contributed by atoms with Crippen LogP contribution in [0, 0.1) is 0 Å². The standard InChI is InChI=1S/C14H31N3O3S/c1-5-20-11-13(4)16-21(18,19)17-9-7-6-8-14(17)10-15-12(2)3/h12-16H,5-11H2,1-4H3. The van der Waals surface area contributed by atoms with Crippen LogP contribution in [0.1, 0.15) is 47.0 Å². The van der Waals surface area contributed by atoms with E-state index in [1.54, 1.807) is 4.31 Å². The van der Waals surface area contributed by atoms with E-state index in [0.717, 1.165) is 19.3 Å². The van der Waals surface area contributed by atoms with Crippen LogP contribution in [0.4, 0.5) is 0 Å². The van der Waals surface area contributed by atoms with E-state index in [2.05, 4.69) is 23.9 Å². The molecule has 0 aromatic rings. The summed E-state index contributed by atoms with van der Waals surface area (Å²) >= 11 is 0. The van der Waals surface area contributed by atoms with Gasteiger partial charge >= 0.3 is 0 Å². The largest absolute Gasteiger partial charge is 0.380 e. The molecule has 0 saturated carbocycles. The minimum absolute atomic E-state index is 0.0398. The normalized spacial score (nSPS) is 22.6. The van der Waals surface area contributed by atoms with E-state index in [-0.39, 0.29) is 12.1 Å². The lowest BCUT2D eigenvalue weighted by Crippen LogP contribution is -2.54. The quantitative estimate of drug-likeness (QED) is 0.667. The summed E-state index contributed by atoms with van der Waals surface area (Å²) in [5.74, 6) is 0. The van der Waals surface area contributed by atoms with Gasteiger partial charge in [0.2, 0.25) is 0 Å². The molecule has 1 saturated heterocycles. The molecule has 0 amide bonds. The fourth-order valence-electron chi connectivity index (χ4n) is 2.52. The van der Waals surface area contributed by atoms with Crippen molar-refractivity contribution >= 4 is 10.2 Å². The van der Waals surface area contributed by atoms with E-state index in [4.69, 9.17) is 4.74 Å². The van der Waals surface area contributed by atoms with E-state index < -0.39 is 10.2 Å². The number of rotatable bonds is 9. The first-order chi connectivity index (χ1) is 9.86. The van der Waals surface area contributed by atoms with Crippen LogP contribution in [0.5, 0.6) is 0 Å². The first-order valence-corrected chi connectivity index (χ1v) is 9.41. The molecule has 1 aliphatic heterocycles. The number of hydrogen-bond acceptors (Lipinski definition) is 4. The molecule has 7 heteroatoms. The van der Waals surface area contributed by atoms with Gasteiger partial charge < -0.3 is 10.1 Å². The molecule has 1 fully saturated rings. The highest BCUT2D eigenvalue weighted by Crippen LogP contribution is 2.19. The summed E-state index contributed by atoms with van der Waals surface area (Å²) in [6, 6.07) is 0.190. The molecule has 126 valence electrons. The van der Waals surface area contributed by atoms with Gasteiger partial charge in [0.1, 0.15) is 0 Å². The third-order valence-corrected chi connectivity index (χ3v) is 5.36. The average molecular weight is 321 g/mol. The monoisotopic (exact) mass is 321 g/mol. The van der Waals surface area contributed by atoms with Gasteiger partial charge in [-0.2, -0.15) is 17.4 Å². The number of nitrogens with zero attached hydrogens (tertiary/aromatic N) is 1. The zero-order valence-corrected chi connectivity index (χ0v) is 14.6. The van der Waals surface area contributed by atoms with E-state index in [1.165, 1.54) is 0 Å². The number of hydrogen-bond donors (Lipinski definition) is 2. The second-order valence-corrected chi connectivity index (χ2v) is 7.66. The van der Waals surface area contributed by atoms with Gasteiger partial charge in [-0.05, 0) is 26.7 Å². The maximum Gasteiger partial charge on any atom is 0.280 e. The maximum absolute atomic E-state index is 12.5. The Hall–Kier alpha value is -0.210. The van der Waals surface area contributed by atoms with Gasteiger partial charge in [0.05, 0.1) is 6.61 Å². The van der Waals surface area contributed by atoms with Crippen molar-refractivity contribution in [3.05, 3.63) is 0 Å². The first-order valence-electron chi connectivity index (χ1n) is 7.97. The van der Waals surface area contributed by atoms with Crippen LogP contribution < -0.4 is 10.0 Å². The molecule has 1 rings (SSSR count). The Labute approximate surface area is 129 Å². The number of piperidine rings is 1. The average Bonchev–Trinajstić information content (AvgIpc) is 2.42. The molecule has 0 aliphatic carbocycles. The lowest BCUT2D eigenvalue weighted by Gasteiger charge is -2.35. The summed E-state index contributed by atoms with van der Waals surface area (Å²) in [6.45, 7) is 10.2. The summed E-state index contributed by atoms with van der Waals surface area (Å²) < 4.78 is 34.7. The van der Waals surface area contributed by atoms with Crippen molar-refractivity contribution < 1.29 is 13.2 Å². The first kappa shape index (κ1) is 18.8. The van der Waals surface area contributed by atoms with Crippen molar-refractivity contribution in [3.8, 4) is 0 Å². The summed E-state index contributed by atoms with van der Waals surface area (Å²) in [6.07, 6.45) is 2.93. The lowest BCUT2D eigenvalue weighted by atomic mass is 10.0. The Morgan fingerprint density at radius 2 is 2.00 bits per heavy atom. The van der Waals surface area contributed by atoms with Gasteiger partial charge in [-0.3, -0.25) is 0 Å². The fraction of sp³-hybridized carbons (Fsp3) is 1.00. The maximum atomic E-state index is 12.5. The van der Waals surface area contributed by atoms with E-state index in [1.807, 2.05) is 13.8 Å². The molecule has 21 heavy (non-hydrogen) atoms. The van der Waals surface area contributed by atoms with Gasteiger partial charge in [-0.15, -0.1) is 0 Å². The van der Waals surface area contributed by atoms with Crippen molar-refractivity contribution in [1.82, 2.24) is 14.3 Å². The molecule has 0 radical (unpaired) electrons. The Morgan fingerprint density at radius 3 is 2.62 bits per heavy atom. The van der Waals surface area contributed by atoms with Crippen molar-refractivity contribution in [2.45, 2.75) is 65.1 Å². The van der Waals surface area contributed by atoms with Crippen LogP contribution in [-0.4, -0.2) is 57.2 Å². The molecule has 1 aliphatic rings. The highest BCUT2D eigenvalue weighted by Gasteiger charge is 2.32. The van der Waals surface area contributed by atoms with Gasteiger partial charge in [-0.1, -0.05) is 20.3 Å². The molecule has 2 unspecified atom stereocenters. The summed E-state index contributed by atoms with van der Waals surface area (Å²) in [5.41, 5.74) is 0. The Kier molecular flexibility index (Phi) is 8.12. The molecular formula is C14H31N3O3S.